The van der Waals surface area contributed by atoms with E-state index in [1.54, 1.807) is 23.1 Å². The molecule has 2 rings (SSSR count). The summed E-state index contributed by atoms with van der Waals surface area (Å²) in [6, 6.07) is 6.21. The first-order valence-corrected chi connectivity index (χ1v) is 7.24. The SMILES string of the molecule is CC(C)(C)OC(=O)N1CCC[C@@H]1COc1ccccc1F. The molecule has 0 spiro atoms. The van der Waals surface area contributed by atoms with E-state index in [1.165, 1.54) is 6.07 Å². The maximum atomic E-state index is 13.5. The van der Waals surface area contributed by atoms with Gasteiger partial charge in [-0.2, -0.15) is 0 Å². The molecule has 21 heavy (non-hydrogen) atoms. The third-order valence-electron chi connectivity index (χ3n) is 3.27. The Labute approximate surface area is 124 Å². The molecule has 1 atom stereocenters. The van der Waals surface area contributed by atoms with Gasteiger partial charge in [0.2, 0.25) is 0 Å². The molecule has 1 aliphatic rings. The molecule has 1 fully saturated rings. The molecule has 1 saturated heterocycles. The Balaban J connectivity index is 1.93. The van der Waals surface area contributed by atoms with Crippen LogP contribution in [0.5, 0.6) is 5.75 Å². The topological polar surface area (TPSA) is 38.8 Å². The molecule has 0 saturated carbocycles. The number of amides is 1. The molecule has 1 aromatic rings. The lowest BCUT2D eigenvalue weighted by atomic mass is 10.2. The van der Waals surface area contributed by atoms with Crippen LogP contribution >= 0.6 is 0 Å². The number of nitrogens with zero attached hydrogens (tertiary/aromatic N) is 1. The number of likely N-dealkylation sites (tertiary alicyclic amines) is 1. The quantitative estimate of drug-likeness (QED) is 0.855. The number of carbonyl (C=O) groups excluding carboxylic acids is 1. The molecule has 0 N–H and O–H groups in total. The smallest absolute Gasteiger partial charge is 0.410 e. The lowest BCUT2D eigenvalue weighted by Crippen LogP contribution is -2.42. The van der Waals surface area contributed by atoms with Crippen LogP contribution in [0, 0.1) is 5.82 Å². The molecule has 1 heterocycles. The molecule has 1 aliphatic heterocycles. The maximum Gasteiger partial charge on any atom is 0.410 e. The van der Waals surface area contributed by atoms with Crippen LogP contribution in [0.2, 0.25) is 0 Å². The van der Waals surface area contributed by atoms with Crippen molar-refractivity contribution in [3.8, 4) is 5.75 Å². The van der Waals surface area contributed by atoms with Crippen molar-refractivity contribution in [2.75, 3.05) is 13.2 Å². The van der Waals surface area contributed by atoms with Gasteiger partial charge in [-0.3, -0.25) is 0 Å². The average molecular weight is 295 g/mol. The number of hydrogen-bond acceptors (Lipinski definition) is 3. The third-order valence-corrected chi connectivity index (χ3v) is 3.27. The van der Waals surface area contributed by atoms with E-state index >= 15 is 0 Å². The number of rotatable bonds is 3. The van der Waals surface area contributed by atoms with E-state index in [4.69, 9.17) is 9.47 Å². The number of ether oxygens (including phenoxy) is 2. The Morgan fingerprint density at radius 3 is 2.76 bits per heavy atom. The normalized spacial score (nSPS) is 18.7. The summed E-state index contributed by atoms with van der Waals surface area (Å²) >= 11 is 0. The fourth-order valence-corrected chi connectivity index (χ4v) is 2.32. The minimum absolute atomic E-state index is 0.0699. The average Bonchev–Trinajstić information content (AvgIpc) is 2.84. The van der Waals surface area contributed by atoms with E-state index in [9.17, 15) is 9.18 Å². The Morgan fingerprint density at radius 2 is 2.10 bits per heavy atom. The van der Waals surface area contributed by atoms with Crippen molar-refractivity contribution in [3.63, 3.8) is 0 Å². The second-order valence-electron chi connectivity index (χ2n) is 6.21. The Bertz CT molecular complexity index is 499. The molecule has 5 heteroatoms. The molecule has 0 radical (unpaired) electrons. The predicted molar refractivity (Wildman–Crippen MR) is 77.9 cm³/mol. The first kappa shape index (κ1) is 15.6. The van der Waals surface area contributed by atoms with Crippen molar-refractivity contribution in [1.82, 2.24) is 4.90 Å². The van der Waals surface area contributed by atoms with Gasteiger partial charge in [-0.15, -0.1) is 0 Å². The van der Waals surface area contributed by atoms with Crippen LogP contribution in [0.25, 0.3) is 0 Å². The number of hydrogen-bond donors (Lipinski definition) is 0. The van der Waals surface area contributed by atoms with E-state index in [0.717, 1.165) is 12.8 Å². The molecule has 116 valence electrons. The van der Waals surface area contributed by atoms with Gasteiger partial charge in [0.25, 0.3) is 0 Å². The summed E-state index contributed by atoms with van der Waals surface area (Å²) in [6.45, 7) is 6.45. The second-order valence-corrected chi connectivity index (χ2v) is 6.21. The summed E-state index contributed by atoms with van der Waals surface area (Å²) in [5.41, 5.74) is -0.517. The van der Waals surface area contributed by atoms with Crippen molar-refractivity contribution in [1.29, 1.82) is 0 Å². The van der Waals surface area contributed by atoms with Crippen molar-refractivity contribution < 1.29 is 18.7 Å². The van der Waals surface area contributed by atoms with Crippen LogP contribution in [-0.2, 0) is 4.74 Å². The van der Waals surface area contributed by atoms with Crippen LogP contribution < -0.4 is 4.74 Å². The Morgan fingerprint density at radius 1 is 1.38 bits per heavy atom. The lowest BCUT2D eigenvalue weighted by molar-refractivity contribution is 0.0186. The summed E-state index contributed by atoms with van der Waals surface area (Å²) in [5.74, 6) is -0.173. The van der Waals surface area contributed by atoms with Gasteiger partial charge < -0.3 is 14.4 Å². The summed E-state index contributed by atoms with van der Waals surface area (Å²) in [6.07, 6.45) is 1.42. The highest BCUT2D eigenvalue weighted by Crippen LogP contribution is 2.23. The van der Waals surface area contributed by atoms with Crippen LogP contribution in [0.4, 0.5) is 9.18 Å². The summed E-state index contributed by atoms with van der Waals surface area (Å²) in [4.78, 5) is 13.8. The molecular formula is C16H22FNO3. The Kier molecular flexibility index (Phi) is 4.70. The summed E-state index contributed by atoms with van der Waals surface area (Å²) in [7, 11) is 0. The highest BCUT2D eigenvalue weighted by Gasteiger charge is 2.32. The summed E-state index contributed by atoms with van der Waals surface area (Å²) < 4.78 is 24.4. The fourth-order valence-electron chi connectivity index (χ4n) is 2.32. The van der Waals surface area contributed by atoms with Gasteiger partial charge in [0.15, 0.2) is 11.6 Å². The van der Waals surface area contributed by atoms with Gasteiger partial charge >= 0.3 is 6.09 Å². The largest absolute Gasteiger partial charge is 0.488 e. The second kappa shape index (κ2) is 6.33. The van der Waals surface area contributed by atoms with Gasteiger partial charge in [-0.25, -0.2) is 9.18 Å². The van der Waals surface area contributed by atoms with Crippen molar-refractivity contribution in [3.05, 3.63) is 30.1 Å². The predicted octanol–water partition coefficient (Wildman–Crippen LogP) is 3.60. The zero-order chi connectivity index (χ0) is 15.5. The minimum Gasteiger partial charge on any atom is -0.488 e. The van der Waals surface area contributed by atoms with Gasteiger partial charge in [-0.1, -0.05) is 12.1 Å². The Hall–Kier alpha value is -1.78. The maximum absolute atomic E-state index is 13.5. The monoisotopic (exact) mass is 295 g/mol. The highest BCUT2D eigenvalue weighted by molar-refractivity contribution is 5.69. The third kappa shape index (κ3) is 4.34. The fraction of sp³-hybridized carbons (Fsp3) is 0.562. The van der Waals surface area contributed by atoms with Crippen LogP contribution in [-0.4, -0.2) is 35.8 Å². The van der Waals surface area contributed by atoms with E-state index in [2.05, 4.69) is 0 Å². The molecular weight excluding hydrogens is 273 g/mol. The summed E-state index contributed by atoms with van der Waals surface area (Å²) in [5, 5.41) is 0. The van der Waals surface area contributed by atoms with Crippen LogP contribution in [0.15, 0.2) is 24.3 Å². The number of halogens is 1. The molecule has 1 amide bonds. The molecule has 1 aromatic carbocycles. The highest BCUT2D eigenvalue weighted by atomic mass is 19.1. The van der Waals surface area contributed by atoms with Gasteiger partial charge in [-0.05, 0) is 45.7 Å². The number of carbonyl (C=O) groups is 1. The zero-order valence-electron chi connectivity index (χ0n) is 12.8. The molecule has 0 unspecified atom stereocenters. The van der Waals surface area contributed by atoms with Crippen molar-refractivity contribution in [2.24, 2.45) is 0 Å². The van der Waals surface area contributed by atoms with Gasteiger partial charge in [0, 0.05) is 6.54 Å². The first-order chi connectivity index (χ1) is 9.87. The standard InChI is InChI=1S/C16H22FNO3/c1-16(2,3)21-15(19)18-10-6-7-12(18)11-20-14-9-5-4-8-13(14)17/h4-5,8-9,12H,6-7,10-11H2,1-3H3/t12-/m1/s1. The van der Waals surface area contributed by atoms with Crippen LogP contribution in [0.3, 0.4) is 0 Å². The van der Waals surface area contributed by atoms with Crippen molar-refractivity contribution in [2.45, 2.75) is 45.3 Å². The molecule has 0 bridgehead atoms. The number of benzene rings is 1. The van der Waals surface area contributed by atoms with Crippen LogP contribution in [0.1, 0.15) is 33.6 Å². The molecule has 4 nitrogen and oxygen atoms in total. The van der Waals surface area contributed by atoms with Crippen molar-refractivity contribution >= 4 is 6.09 Å². The van der Waals surface area contributed by atoms with E-state index in [0.29, 0.717) is 6.54 Å². The van der Waals surface area contributed by atoms with Gasteiger partial charge in [0.1, 0.15) is 12.2 Å². The number of para-hydroxylation sites is 1. The molecule has 0 aliphatic carbocycles. The minimum atomic E-state index is -0.517. The molecule has 0 aromatic heterocycles. The lowest BCUT2D eigenvalue weighted by Gasteiger charge is -2.28. The van der Waals surface area contributed by atoms with Gasteiger partial charge in [0.05, 0.1) is 6.04 Å². The van der Waals surface area contributed by atoms with E-state index in [-0.39, 0.29) is 30.3 Å². The van der Waals surface area contributed by atoms with E-state index in [1.807, 2.05) is 20.8 Å². The first-order valence-electron chi connectivity index (χ1n) is 7.24. The van der Waals surface area contributed by atoms with E-state index < -0.39 is 5.60 Å². The zero-order valence-corrected chi connectivity index (χ0v) is 12.8.